The lowest BCUT2D eigenvalue weighted by Gasteiger charge is -2.37. The predicted octanol–water partition coefficient (Wildman–Crippen LogP) is 2.81. The number of benzene rings is 1. The zero-order chi connectivity index (χ0) is 23.4. The number of anilines is 1. The van der Waals surface area contributed by atoms with Crippen molar-refractivity contribution in [3.63, 3.8) is 0 Å². The molecule has 4 atom stereocenters. The maximum atomic E-state index is 14.2. The summed E-state index contributed by atoms with van der Waals surface area (Å²) in [7, 11) is 1.69. The van der Waals surface area contributed by atoms with Gasteiger partial charge in [-0.3, -0.25) is 4.79 Å². The lowest BCUT2D eigenvalue weighted by molar-refractivity contribution is 0.271. The highest BCUT2D eigenvalue weighted by atomic mass is 19.1. The number of rotatable bonds is 5. The number of hydrogen-bond donors (Lipinski definition) is 2. The molecule has 1 aliphatic carbocycles. The molecule has 4 heterocycles. The van der Waals surface area contributed by atoms with Crippen LogP contribution in [0.1, 0.15) is 32.1 Å². The van der Waals surface area contributed by atoms with E-state index in [0.29, 0.717) is 29.7 Å². The molecule has 2 aromatic heterocycles. The average Bonchev–Trinajstić information content (AvgIpc) is 3.62. The Labute approximate surface area is 196 Å². The summed E-state index contributed by atoms with van der Waals surface area (Å²) in [5, 5.41) is 22.9. The molecule has 0 spiro atoms. The van der Waals surface area contributed by atoms with Crippen molar-refractivity contribution in [1.82, 2.24) is 25.1 Å². The van der Waals surface area contributed by atoms with Crippen molar-refractivity contribution in [3.8, 4) is 28.1 Å². The summed E-state index contributed by atoms with van der Waals surface area (Å²) < 4.78 is 15.7. The van der Waals surface area contributed by atoms with Crippen LogP contribution >= 0.6 is 0 Å². The van der Waals surface area contributed by atoms with E-state index >= 15 is 0 Å². The van der Waals surface area contributed by atoms with Gasteiger partial charge in [-0.2, -0.15) is 0 Å². The number of alkyl halides is 1. The zero-order valence-electron chi connectivity index (χ0n) is 18.9. The van der Waals surface area contributed by atoms with Crippen LogP contribution in [0, 0.1) is 0 Å². The van der Waals surface area contributed by atoms with E-state index in [-0.39, 0.29) is 29.4 Å². The first-order chi connectivity index (χ1) is 16.5. The first-order valence-electron chi connectivity index (χ1n) is 11.8. The van der Waals surface area contributed by atoms with E-state index in [1.54, 1.807) is 31.6 Å². The molecule has 2 bridgehead atoms. The number of nitrogens with one attached hydrogen (secondary N) is 1. The minimum absolute atomic E-state index is 0.0463. The minimum Gasteiger partial charge on any atom is -0.507 e. The first-order valence-corrected chi connectivity index (χ1v) is 11.8. The Kier molecular flexibility index (Phi) is 5.09. The molecule has 3 fully saturated rings. The van der Waals surface area contributed by atoms with Gasteiger partial charge in [0.05, 0.1) is 6.20 Å². The second kappa shape index (κ2) is 8.16. The van der Waals surface area contributed by atoms with Gasteiger partial charge in [-0.05, 0) is 61.4 Å². The normalized spacial score (nSPS) is 25.9. The molecule has 6 rings (SSSR count). The predicted molar refractivity (Wildman–Crippen MR) is 126 cm³/mol. The van der Waals surface area contributed by atoms with Gasteiger partial charge in [-0.1, -0.05) is 6.07 Å². The number of phenols is 1. The third-order valence-electron chi connectivity index (χ3n) is 7.30. The number of aryl methyl sites for hydroxylation is 1. The van der Waals surface area contributed by atoms with E-state index in [1.807, 2.05) is 12.1 Å². The van der Waals surface area contributed by atoms with Crippen LogP contribution in [0.5, 0.6) is 5.75 Å². The van der Waals surface area contributed by atoms with Crippen molar-refractivity contribution in [1.29, 1.82) is 0 Å². The van der Waals surface area contributed by atoms with E-state index < -0.39 is 6.17 Å². The van der Waals surface area contributed by atoms with Gasteiger partial charge in [-0.25, -0.2) is 9.37 Å². The molecule has 3 aliphatic rings. The molecule has 8 nitrogen and oxygen atoms in total. The van der Waals surface area contributed by atoms with Crippen molar-refractivity contribution in [2.45, 2.75) is 62.4 Å². The van der Waals surface area contributed by atoms with Crippen LogP contribution in [0.3, 0.4) is 0 Å². The highest BCUT2D eigenvalue weighted by molar-refractivity contribution is 5.73. The van der Waals surface area contributed by atoms with Gasteiger partial charge < -0.3 is 19.9 Å². The Bertz CT molecular complexity index is 1270. The molecule has 1 saturated carbocycles. The quantitative estimate of drug-likeness (QED) is 0.602. The Morgan fingerprint density at radius 2 is 1.91 bits per heavy atom. The van der Waals surface area contributed by atoms with Crippen LogP contribution in [0.2, 0.25) is 0 Å². The summed E-state index contributed by atoms with van der Waals surface area (Å²) in [5.74, 6) is 0.620. The van der Waals surface area contributed by atoms with Crippen LogP contribution in [0.4, 0.5) is 10.3 Å². The molecule has 1 aromatic carbocycles. The summed E-state index contributed by atoms with van der Waals surface area (Å²) in [6.45, 7) is 0. The highest BCUT2D eigenvalue weighted by Crippen LogP contribution is 2.39. The lowest BCUT2D eigenvalue weighted by Crippen LogP contribution is -2.50. The molecule has 34 heavy (non-hydrogen) atoms. The van der Waals surface area contributed by atoms with Gasteiger partial charge in [0.1, 0.15) is 17.6 Å². The number of phenolic OH excluding ortho intramolecular Hbond substituents is 1. The van der Waals surface area contributed by atoms with E-state index in [1.165, 1.54) is 10.6 Å². The topological polar surface area (TPSA) is 96.2 Å². The maximum absolute atomic E-state index is 14.2. The van der Waals surface area contributed by atoms with E-state index in [4.69, 9.17) is 0 Å². The average molecular weight is 463 g/mol. The molecule has 2 saturated heterocycles. The first kappa shape index (κ1) is 21.2. The Balaban J connectivity index is 1.25. The van der Waals surface area contributed by atoms with Crippen LogP contribution < -0.4 is 15.8 Å². The Morgan fingerprint density at radius 3 is 2.59 bits per heavy atom. The monoisotopic (exact) mass is 462 g/mol. The molecule has 176 valence electrons. The number of aromatic nitrogens is 4. The van der Waals surface area contributed by atoms with Crippen molar-refractivity contribution < 1.29 is 9.50 Å². The van der Waals surface area contributed by atoms with Crippen molar-refractivity contribution in [2.24, 2.45) is 7.05 Å². The minimum atomic E-state index is -0.776. The molecule has 3 aromatic rings. The molecular weight excluding hydrogens is 435 g/mol. The van der Waals surface area contributed by atoms with Crippen molar-refractivity contribution in [2.75, 3.05) is 4.90 Å². The largest absolute Gasteiger partial charge is 0.507 e. The molecule has 0 amide bonds. The number of hydrogen-bond acceptors (Lipinski definition) is 7. The molecular formula is C25H27FN6O2. The van der Waals surface area contributed by atoms with Gasteiger partial charge in [-0.15, -0.1) is 10.2 Å². The zero-order valence-corrected chi connectivity index (χ0v) is 18.9. The summed E-state index contributed by atoms with van der Waals surface area (Å²) in [5.41, 5.74) is 2.36. The highest BCUT2D eigenvalue weighted by Gasteiger charge is 2.46. The van der Waals surface area contributed by atoms with Crippen LogP contribution in [0.25, 0.3) is 22.4 Å². The summed E-state index contributed by atoms with van der Waals surface area (Å²) in [6.07, 6.45) is 6.98. The van der Waals surface area contributed by atoms with Crippen molar-refractivity contribution >= 4 is 5.95 Å². The number of aromatic hydroxyl groups is 1. The molecule has 2 aliphatic heterocycles. The van der Waals surface area contributed by atoms with Crippen LogP contribution in [0.15, 0.2) is 47.5 Å². The molecule has 9 heteroatoms. The van der Waals surface area contributed by atoms with Crippen LogP contribution in [-0.2, 0) is 7.05 Å². The van der Waals surface area contributed by atoms with Gasteiger partial charge in [0.25, 0.3) is 5.56 Å². The van der Waals surface area contributed by atoms with Gasteiger partial charge in [0.15, 0.2) is 0 Å². The van der Waals surface area contributed by atoms with Crippen molar-refractivity contribution in [3.05, 3.63) is 53.1 Å². The number of halogens is 1. The fourth-order valence-electron chi connectivity index (χ4n) is 5.38. The van der Waals surface area contributed by atoms with Crippen LogP contribution in [-0.4, -0.2) is 55.2 Å². The van der Waals surface area contributed by atoms with Gasteiger partial charge >= 0.3 is 0 Å². The molecule has 0 unspecified atom stereocenters. The number of piperidine rings is 1. The molecule has 2 N–H and O–H groups in total. The smallest absolute Gasteiger partial charge is 0.250 e. The third-order valence-corrected chi connectivity index (χ3v) is 7.30. The lowest BCUT2D eigenvalue weighted by atomic mass is 9.98. The summed E-state index contributed by atoms with van der Waals surface area (Å²) in [6, 6.07) is 9.32. The van der Waals surface area contributed by atoms with E-state index in [9.17, 15) is 14.3 Å². The number of fused-ring (bicyclic) bond motifs is 2. The van der Waals surface area contributed by atoms with E-state index in [0.717, 1.165) is 36.8 Å². The number of nitrogens with zero attached hydrogens (tertiary/aromatic N) is 5. The molecule has 0 radical (unpaired) electrons. The third kappa shape index (κ3) is 3.83. The maximum Gasteiger partial charge on any atom is 0.250 e. The van der Waals surface area contributed by atoms with Gasteiger partial charge in [0, 0.05) is 49.0 Å². The standard InChI is InChI=1S/C25H27FN6O2/c1-31-7-6-15(9-24(31)34)14-2-5-19(23(33)8-14)22-13-27-25(30-29-22)32(17-3-4-17)18-10-16-11-20(26)21(12-18)28-16/h2,5-9,13,16-18,20-21,28,33H,3-4,10-12H2,1H3/t16-,18+,20+,21-/m1/s1. The Morgan fingerprint density at radius 1 is 1.09 bits per heavy atom. The fourth-order valence-corrected chi connectivity index (χ4v) is 5.38. The second-order valence-electron chi connectivity index (χ2n) is 9.73. The number of pyridine rings is 1. The summed E-state index contributed by atoms with van der Waals surface area (Å²) in [4.78, 5) is 18.8. The second-order valence-corrected chi connectivity index (χ2v) is 9.73. The fraction of sp³-hybridized carbons (Fsp3) is 0.440. The Hall–Kier alpha value is -3.33. The SMILES string of the molecule is Cn1ccc(-c2ccc(-c3cnc(N(C4CC4)[C@H]4C[C@@H]5C[C@H](F)[C@@H](C4)N5)nn3)c(O)c2)cc1=O. The van der Waals surface area contributed by atoms with Gasteiger partial charge in [0.2, 0.25) is 5.95 Å². The van der Waals surface area contributed by atoms with E-state index in [2.05, 4.69) is 25.4 Å². The summed E-state index contributed by atoms with van der Waals surface area (Å²) >= 11 is 0.